The molecule has 6 heteroatoms. The topological polar surface area (TPSA) is 42.0 Å². The predicted octanol–water partition coefficient (Wildman–Crippen LogP) is 3.88. The molecule has 2 aromatic rings. The van der Waals surface area contributed by atoms with E-state index in [4.69, 9.17) is 11.6 Å². The van der Waals surface area contributed by atoms with Gasteiger partial charge in [-0.3, -0.25) is 4.79 Å². The Morgan fingerprint density at radius 2 is 1.95 bits per heavy atom. The number of hydrogen-bond donors (Lipinski definition) is 1. The van der Waals surface area contributed by atoms with Gasteiger partial charge < -0.3 is 5.32 Å². The Labute approximate surface area is 119 Å². The number of rotatable bonds is 2. The summed E-state index contributed by atoms with van der Waals surface area (Å²) in [5, 5.41) is 2.70. The lowest BCUT2D eigenvalue weighted by Gasteiger charge is -2.09. The third kappa shape index (κ3) is 2.77. The normalized spacial score (nSPS) is 10.4. The van der Waals surface area contributed by atoms with Gasteiger partial charge in [-0.05, 0) is 37.1 Å². The highest BCUT2D eigenvalue weighted by Crippen LogP contribution is 2.20. The van der Waals surface area contributed by atoms with Gasteiger partial charge in [0, 0.05) is 0 Å². The average Bonchev–Trinajstić information content (AvgIpc) is 2.39. The first-order valence-corrected chi connectivity index (χ1v) is 6.16. The minimum Gasteiger partial charge on any atom is -0.320 e. The molecule has 0 fully saturated rings. The number of pyridine rings is 1. The van der Waals surface area contributed by atoms with Crippen LogP contribution in [0.3, 0.4) is 0 Å². The van der Waals surface area contributed by atoms with Crippen LogP contribution >= 0.6 is 11.6 Å². The number of hydrogen-bond acceptors (Lipinski definition) is 2. The molecule has 1 N–H and O–H groups in total. The summed E-state index contributed by atoms with van der Waals surface area (Å²) in [4.78, 5) is 15.8. The number of carbonyl (C=O) groups is 1. The van der Waals surface area contributed by atoms with Crippen LogP contribution in [-0.4, -0.2) is 10.9 Å². The maximum atomic E-state index is 13.8. The van der Waals surface area contributed by atoms with Crippen molar-refractivity contribution in [2.24, 2.45) is 0 Å². The van der Waals surface area contributed by atoms with Gasteiger partial charge in [-0.25, -0.2) is 13.8 Å². The fourth-order valence-corrected chi connectivity index (χ4v) is 1.79. The molecule has 0 aliphatic heterocycles. The summed E-state index contributed by atoms with van der Waals surface area (Å²) in [5.74, 6) is -2.65. The van der Waals surface area contributed by atoms with Gasteiger partial charge >= 0.3 is 0 Å². The van der Waals surface area contributed by atoms with Crippen molar-refractivity contribution >= 4 is 23.2 Å². The lowest BCUT2D eigenvalue weighted by Crippen LogP contribution is -2.16. The second-order valence-corrected chi connectivity index (χ2v) is 4.70. The number of carbonyl (C=O) groups excluding carboxylic acids is 1. The second-order valence-electron chi connectivity index (χ2n) is 4.34. The van der Waals surface area contributed by atoms with Crippen molar-refractivity contribution in [1.29, 1.82) is 0 Å². The molecule has 1 aromatic carbocycles. The molecule has 1 amide bonds. The van der Waals surface area contributed by atoms with Gasteiger partial charge in [0.1, 0.15) is 22.4 Å². The average molecular weight is 297 g/mol. The summed E-state index contributed by atoms with van der Waals surface area (Å²) in [6.07, 6.45) is 1.32. The Kier molecular flexibility index (Phi) is 3.99. The molecule has 0 saturated carbocycles. The van der Waals surface area contributed by atoms with Gasteiger partial charge in [-0.15, -0.1) is 0 Å². The van der Waals surface area contributed by atoms with E-state index in [-0.39, 0.29) is 5.56 Å². The minimum absolute atomic E-state index is 0.196. The molecule has 0 radical (unpaired) electrons. The number of halogens is 3. The third-order valence-electron chi connectivity index (χ3n) is 2.78. The number of nitrogens with one attached hydrogen (secondary N) is 1. The van der Waals surface area contributed by atoms with Crippen molar-refractivity contribution in [1.82, 2.24) is 4.98 Å². The van der Waals surface area contributed by atoms with Crippen LogP contribution in [0.1, 0.15) is 21.5 Å². The zero-order valence-corrected chi connectivity index (χ0v) is 11.6. The minimum atomic E-state index is -0.913. The van der Waals surface area contributed by atoms with Crippen molar-refractivity contribution in [3.63, 3.8) is 0 Å². The molecule has 0 unspecified atom stereocenters. The molecule has 2 rings (SSSR count). The fraction of sp³-hybridized carbons (Fsp3) is 0.143. The summed E-state index contributed by atoms with van der Waals surface area (Å²) in [7, 11) is 0. The highest BCUT2D eigenvalue weighted by Gasteiger charge is 2.19. The first-order valence-electron chi connectivity index (χ1n) is 5.78. The monoisotopic (exact) mass is 296 g/mol. The molecule has 1 heterocycles. The Balaban J connectivity index is 2.33. The van der Waals surface area contributed by atoms with E-state index in [0.717, 1.165) is 6.07 Å². The smallest absolute Gasteiger partial charge is 0.261 e. The Bertz CT molecular complexity index is 689. The van der Waals surface area contributed by atoms with E-state index >= 15 is 0 Å². The van der Waals surface area contributed by atoms with Crippen molar-refractivity contribution in [2.45, 2.75) is 13.8 Å². The van der Waals surface area contributed by atoms with Crippen molar-refractivity contribution in [2.75, 3.05) is 5.32 Å². The van der Waals surface area contributed by atoms with Crippen LogP contribution in [0.25, 0.3) is 0 Å². The molecule has 104 valence electrons. The van der Waals surface area contributed by atoms with E-state index in [0.29, 0.717) is 16.4 Å². The molecule has 0 atom stereocenters. The maximum Gasteiger partial charge on any atom is 0.261 e. The summed E-state index contributed by atoms with van der Waals surface area (Å²) in [5.41, 5.74) is 0.548. The van der Waals surface area contributed by atoms with Crippen LogP contribution in [0, 0.1) is 25.5 Å². The standard InChI is InChI=1S/C14H11ClF2N2O/c1-7-3-4-10(16)11(12(7)17)14(20)19-9-5-8(2)13(15)18-6-9/h3-6H,1-2H3,(H,19,20). The molecular weight excluding hydrogens is 286 g/mol. The van der Waals surface area contributed by atoms with E-state index < -0.39 is 23.1 Å². The maximum absolute atomic E-state index is 13.8. The zero-order valence-electron chi connectivity index (χ0n) is 10.8. The summed E-state index contributed by atoms with van der Waals surface area (Å²) in [6, 6.07) is 3.90. The van der Waals surface area contributed by atoms with Crippen molar-refractivity contribution in [3.8, 4) is 0 Å². The van der Waals surface area contributed by atoms with Crippen LogP contribution in [-0.2, 0) is 0 Å². The number of nitrogens with zero attached hydrogens (tertiary/aromatic N) is 1. The third-order valence-corrected chi connectivity index (χ3v) is 3.18. The van der Waals surface area contributed by atoms with Gasteiger partial charge in [-0.2, -0.15) is 0 Å². The molecule has 0 aliphatic rings. The molecule has 1 aromatic heterocycles. The summed E-state index contributed by atoms with van der Waals surface area (Å²) in [6.45, 7) is 3.17. The van der Waals surface area contributed by atoms with Crippen LogP contribution in [0.15, 0.2) is 24.4 Å². The Morgan fingerprint density at radius 1 is 1.25 bits per heavy atom. The molecule has 0 aliphatic carbocycles. The molecule has 0 spiro atoms. The zero-order chi connectivity index (χ0) is 14.9. The quantitative estimate of drug-likeness (QED) is 0.855. The first-order chi connectivity index (χ1) is 9.40. The summed E-state index contributed by atoms with van der Waals surface area (Å²) < 4.78 is 27.4. The van der Waals surface area contributed by atoms with Gasteiger partial charge in [0.15, 0.2) is 0 Å². The number of aryl methyl sites for hydroxylation is 2. The molecule has 0 bridgehead atoms. The number of benzene rings is 1. The molecule has 0 saturated heterocycles. The van der Waals surface area contributed by atoms with Crippen LogP contribution in [0.2, 0.25) is 5.15 Å². The fourth-order valence-electron chi connectivity index (χ4n) is 1.68. The Morgan fingerprint density at radius 3 is 2.60 bits per heavy atom. The molecule has 20 heavy (non-hydrogen) atoms. The van der Waals surface area contributed by atoms with Gasteiger partial charge in [0.25, 0.3) is 5.91 Å². The molecule has 3 nitrogen and oxygen atoms in total. The van der Waals surface area contributed by atoms with E-state index in [2.05, 4.69) is 10.3 Å². The van der Waals surface area contributed by atoms with Crippen molar-refractivity contribution in [3.05, 3.63) is 57.9 Å². The highest BCUT2D eigenvalue weighted by molar-refractivity contribution is 6.30. The Hall–Kier alpha value is -2.01. The van der Waals surface area contributed by atoms with Gasteiger partial charge in [0.2, 0.25) is 0 Å². The number of amides is 1. The lowest BCUT2D eigenvalue weighted by atomic mass is 10.1. The van der Waals surface area contributed by atoms with Crippen LogP contribution in [0.4, 0.5) is 14.5 Å². The van der Waals surface area contributed by atoms with E-state index in [1.54, 1.807) is 13.0 Å². The first kappa shape index (κ1) is 14.4. The van der Waals surface area contributed by atoms with Crippen molar-refractivity contribution < 1.29 is 13.6 Å². The molecular formula is C14H11ClF2N2O. The van der Waals surface area contributed by atoms with E-state index in [1.165, 1.54) is 19.2 Å². The van der Waals surface area contributed by atoms with E-state index in [9.17, 15) is 13.6 Å². The number of aromatic nitrogens is 1. The van der Waals surface area contributed by atoms with Gasteiger partial charge in [0.05, 0.1) is 11.9 Å². The van der Waals surface area contributed by atoms with Gasteiger partial charge in [-0.1, -0.05) is 17.7 Å². The van der Waals surface area contributed by atoms with Crippen LogP contribution < -0.4 is 5.32 Å². The number of anilines is 1. The van der Waals surface area contributed by atoms with E-state index in [1.807, 2.05) is 0 Å². The SMILES string of the molecule is Cc1cc(NC(=O)c2c(F)ccc(C)c2F)cnc1Cl. The largest absolute Gasteiger partial charge is 0.320 e. The lowest BCUT2D eigenvalue weighted by molar-refractivity contribution is 0.101. The highest BCUT2D eigenvalue weighted by atomic mass is 35.5. The second kappa shape index (κ2) is 5.54. The summed E-state index contributed by atoms with van der Waals surface area (Å²) >= 11 is 5.76. The van der Waals surface area contributed by atoms with Crippen LogP contribution in [0.5, 0.6) is 0 Å². The predicted molar refractivity (Wildman–Crippen MR) is 73.0 cm³/mol.